The molecule has 7 nitrogen and oxygen atoms in total. The second-order valence-corrected chi connectivity index (χ2v) is 11.1. The Labute approximate surface area is 202 Å². The van der Waals surface area contributed by atoms with Crippen LogP contribution in [0.4, 0.5) is 10.1 Å². The summed E-state index contributed by atoms with van der Waals surface area (Å²) in [5.41, 5.74) is 8.40. The number of nitrogens with one attached hydrogen (secondary N) is 2. The highest BCUT2D eigenvalue weighted by Gasteiger charge is 2.45. The van der Waals surface area contributed by atoms with Crippen LogP contribution in [0, 0.1) is 12.7 Å². The van der Waals surface area contributed by atoms with E-state index >= 15 is 4.39 Å². The zero-order valence-electron chi connectivity index (χ0n) is 19.6. The summed E-state index contributed by atoms with van der Waals surface area (Å²) in [5.74, 6) is -0.507. The summed E-state index contributed by atoms with van der Waals surface area (Å²) in [4.78, 5) is 3.36. The van der Waals surface area contributed by atoms with E-state index in [0.29, 0.717) is 49.9 Å². The number of benzene rings is 3. The fourth-order valence-electron chi connectivity index (χ4n) is 4.47. The van der Waals surface area contributed by atoms with Crippen molar-refractivity contribution in [2.24, 2.45) is 5.73 Å². The first kappa shape index (κ1) is 23.5. The van der Waals surface area contributed by atoms with Crippen LogP contribution in [0.15, 0.2) is 54.5 Å². The molecule has 1 aliphatic heterocycles. The summed E-state index contributed by atoms with van der Waals surface area (Å²) < 4.78 is 48.0. The number of aliphatic hydroxyl groups is 1. The van der Waals surface area contributed by atoms with Gasteiger partial charge in [0.2, 0.25) is 0 Å². The summed E-state index contributed by atoms with van der Waals surface area (Å²) >= 11 is 0. The van der Waals surface area contributed by atoms with Gasteiger partial charge in [-0.3, -0.25) is 10.5 Å². The number of anilines is 1. The predicted octanol–water partition coefficient (Wildman–Crippen LogP) is 4.69. The molecule has 1 unspecified atom stereocenters. The maximum absolute atomic E-state index is 15.9. The number of nitrogens with two attached hydrogens (primary N) is 1. The van der Waals surface area contributed by atoms with Crippen LogP contribution in [-0.2, 0) is 26.1 Å². The van der Waals surface area contributed by atoms with Crippen LogP contribution in [0.5, 0.6) is 0 Å². The number of ether oxygens (including phenoxy) is 1. The lowest BCUT2D eigenvalue weighted by Crippen LogP contribution is -2.21. The van der Waals surface area contributed by atoms with Gasteiger partial charge in [-0.1, -0.05) is 30.8 Å². The predicted molar refractivity (Wildman–Crippen MR) is 136 cm³/mol. The molecule has 1 fully saturated rings. The quantitative estimate of drug-likeness (QED) is 0.289. The van der Waals surface area contributed by atoms with Crippen molar-refractivity contribution in [3.8, 4) is 11.1 Å². The van der Waals surface area contributed by atoms with Gasteiger partial charge in [0.05, 0.1) is 23.4 Å². The number of rotatable bonds is 6. The standard InChI is InChI=1S/C26H26FN3O4S/c1-5-35(32,33)30-20-8-6-7-16(14(20)2)22-19(27)12-18(26(28)13-34-26)24-23(22)17-10-9-15(25(3,4)31)11-21(17)29-24/h5-12,29-31H,1,13,28H2,2-4H3. The minimum atomic E-state index is -3.75. The molecule has 5 N–H and O–H groups in total. The second-order valence-electron chi connectivity index (χ2n) is 9.45. The molecule has 0 spiro atoms. The van der Waals surface area contributed by atoms with E-state index in [-0.39, 0.29) is 6.61 Å². The third-order valence-electron chi connectivity index (χ3n) is 6.52. The molecule has 0 saturated carbocycles. The highest BCUT2D eigenvalue weighted by Crippen LogP contribution is 2.45. The molecule has 1 saturated heterocycles. The molecule has 0 bridgehead atoms. The molecule has 35 heavy (non-hydrogen) atoms. The van der Waals surface area contributed by atoms with Crippen molar-refractivity contribution in [1.82, 2.24) is 4.98 Å². The van der Waals surface area contributed by atoms with E-state index in [9.17, 15) is 13.5 Å². The first-order chi connectivity index (χ1) is 16.3. The normalized spacial score (nSPS) is 18.2. The fraction of sp³-hybridized carbons (Fsp3) is 0.231. The maximum Gasteiger partial charge on any atom is 0.254 e. The summed E-state index contributed by atoms with van der Waals surface area (Å²) in [6, 6.07) is 11.9. The van der Waals surface area contributed by atoms with Gasteiger partial charge in [-0.05, 0) is 55.7 Å². The monoisotopic (exact) mass is 495 g/mol. The topological polar surface area (TPSA) is 121 Å². The van der Waals surface area contributed by atoms with Crippen LogP contribution >= 0.6 is 0 Å². The Morgan fingerprint density at radius 3 is 2.63 bits per heavy atom. The van der Waals surface area contributed by atoms with Crippen molar-refractivity contribution in [2.45, 2.75) is 32.1 Å². The van der Waals surface area contributed by atoms with E-state index in [1.807, 2.05) is 12.1 Å². The number of aromatic amines is 1. The van der Waals surface area contributed by atoms with Crippen LogP contribution in [0.25, 0.3) is 32.9 Å². The molecular formula is C26H26FN3O4S. The molecule has 9 heteroatoms. The number of epoxide rings is 1. The number of hydrogen-bond acceptors (Lipinski definition) is 5. The summed E-state index contributed by atoms with van der Waals surface area (Å²) in [6.45, 7) is 8.71. The Hall–Kier alpha value is -3.24. The van der Waals surface area contributed by atoms with Crippen LogP contribution in [0.1, 0.15) is 30.5 Å². The van der Waals surface area contributed by atoms with Gasteiger partial charge in [-0.25, -0.2) is 12.8 Å². The minimum absolute atomic E-state index is 0.267. The van der Waals surface area contributed by atoms with Gasteiger partial charge in [0, 0.05) is 32.8 Å². The number of aromatic nitrogens is 1. The Bertz CT molecular complexity index is 1630. The fourth-order valence-corrected chi connectivity index (χ4v) is 5.08. The van der Waals surface area contributed by atoms with Gasteiger partial charge in [0.15, 0.2) is 5.72 Å². The van der Waals surface area contributed by atoms with Gasteiger partial charge in [-0.2, -0.15) is 0 Å². The van der Waals surface area contributed by atoms with Gasteiger partial charge >= 0.3 is 0 Å². The van der Waals surface area contributed by atoms with Crippen molar-refractivity contribution in [3.63, 3.8) is 0 Å². The first-order valence-electron chi connectivity index (χ1n) is 11.0. The molecule has 5 rings (SSSR count). The van der Waals surface area contributed by atoms with Crippen molar-refractivity contribution in [2.75, 3.05) is 11.3 Å². The van der Waals surface area contributed by atoms with Crippen molar-refractivity contribution >= 4 is 37.5 Å². The smallest absolute Gasteiger partial charge is 0.254 e. The molecule has 4 aromatic rings. The van der Waals surface area contributed by atoms with Gasteiger partial charge < -0.3 is 14.8 Å². The maximum atomic E-state index is 15.9. The van der Waals surface area contributed by atoms with Gasteiger partial charge in [0.25, 0.3) is 10.0 Å². The third-order valence-corrected chi connectivity index (χ3v) is 7.46. The highest BCUT2D eigenvalue weighted by molar-refractivity contribution is 7.95. The van der Waals surface area contributed by atoms with Crippen molar-refractivity contribution in [1.29, 1.82) is 0 Å². The van der Waals surface area contributed by atoms with Crippen LogP contribution in [0.3, 0.4) is 0 Å². The van der Waals surface area contributed by atoms with Crippen LogP contribution < -0.4 is 10.5 Å². The summed E-state index contributed by atoms with van der Waals surface area (Å²) in [6.07, 6.45) is 0. The minimum Gasteiger partial charge on any atom is -0.386 e. The summed E-state index contributed by atoms with van der Waals surface area (Å²) in [7, 11) is -3.75. The van der Waals surface area contributed by atoms with E-state index in [1.54, 1.807) is 45.0 Å². The Morgan fingerprint density at radius 2 is 2.00 bits per heavy atom. The lowest BCUT2D eigenvalue weighted by molar-refractivity contribution is 0.0787. The zero-order valence-corrected chi connectivity index (χ0v) is 20.4. The molecule has 0 radical (unpaired) electrons. The van der Waals surface area contributed by atoms with Gasteiger partial charge in [-0.15, -0.1) is 0 Å². The highest BCUT2D eigenvalue weighted by atomic mass is 32.2. The van der Waals surface area contributed by atoms with E-state index in [2.05, 4.69) is 16.3 Å². The SMILES string of the molecule is C=CS(=O)(=O)Nc1cccc(-c2c(F)cc(C3(N)CO3)c3[nH]c4cc(C(C)(C)O)ccc4c23)c1C. The Balaban J connectivity index is 1.85. The molecule has 182 valence electrons. The molecule has 1 aliphatic rings. The van der Waals surface area contributed by atoms with E-state index < -0.39 is 27.2 Å². The molecule has 1 atom stereocenters. The third kappa shape index (κ3) is 3.90. The lowest BCUT2D eigenvalue weighted by atomic mass is 9.91. The van der Waals surface area contributed by atoms with Crippen molar-refractivity contribution in [3.05, 3.63) is 77.0 Å². The van der Waals surface area contributed by atoms with E-state index in [1.165, 1.54) is 6.07 Å². The van der Waals surface area contributed by atoms with E-state index in [4.69, 9.17) is 10.5 Å². The summed E-state index contributed by atoms with van der Waals surface area (Å²) in [5, 5.41) is 12.7. The molecule has 1 aromatic heterocycles. The average molecular weight is 496 g/mol. The molecule has 0 aliphatic carbocycles. The van der Waals surface area contributed by atoms with Crippen LogP contribution in [-0.4, -0.2) is 25.1 Å². The molecular weight excluding hydrogens is 469 g/mol. The first-order valence-corrected chi connectivity index (χ1v) is 12.6. The largest absolute Gasteiger partial charge is 0.386 e. The van der Waals surface area contributed by atoms with E-state index in [0.717, 1.165) is 10.8 Å². The average Bonchev–Trinajstić information content (AvgIpc) is 3.42. The number of halogens is 1. The Kier molecular flexibility index (Phi) is 5.12. The zero-order chi connectivity index (χ0) is 25.3. The molecule has 3 aromatic carbocycles. The lowest BCUT2D eigenvalue weighted by Gasteiger charge is -2.18. The van der Waals surface area contributed by atoms with Crippen LogP contribution in [0.2, 0.25) is 0 Å². The second kappa shape index (κ2) is 7.63. The number of sulfonamides is 1. The Morgan fingerprint density at radius 1 is 1.29 bits per heavy atom. The number of fused-ring (bicyclic) bond motifs is 3. The van der Waals surface area contributed by atoms with Crippen molar-refractivity contribution < 1.29 is 22.7 Å². The molecule has 0 amide bonds. The number of H-pyrrole nitrogens is 1. The number of hydrogen-bond donors (Lipinski definition) is 4. The van der Waals surface area contributed by atoms with Gasteiger partial charge in [0.1, 0.15) is 5.82 Å². The molecule has 2 heterocycles.